The molecule has 0 heterocycles. The molecular weight excluding hydrogens is 210 g/mol. The van der Waals surface area contributed by atoms with Crippen LogP contribution in [0.3, 0.4) is 0 Å². The molecule has 0 fully saturated rings. The van der Waals surface area contributed by atoms with Crippen LogP contribution in [0, 0.1) is 0 Å². The van der Waals surface area contributed by atoms with Crippen LogP contribution in [0.15, 0.2) is 18.2 Å². The molecule has 2 nitrogen and oxygen atoms in total. The molecule has 2 atom stereocenters. The van der Waals surface area contributed by atoms with Gasteiger partial charge in [-0.05, 0) is 38.0 Å². The average molecular weight is 228 g/mol. The van der Waals surface area contributed by atoms with E-state index in [1.807, 2.05) is 32.0 Å². The third-order valence-corrected chi connectivity index (χ3v) is 2.68. The van der Waals surface area contributed by atoms with Crippen molar-refractivity contribution < 1.29 is 4.74 Å². The lowest BCUT2D eigenvalue weighted by molar-refractivity contribution is 0.217. The second-order valence-corrected chi connectivity index (χ2v) is 4.22. The Morgan fingerprint density at radius 3 is 2.53 bits per heavy atom. The fourth-order valence-electron chi connectivity index (χ4n) is 1.20. The van der Waals surface area contributed by atoms with E-state index >= 15 is 0 Å². The number of nitrogens with two attached hydrogens (primary N) is 1. The summed E-state index contributed by atoms with van der Waals surface area (Å²) in [5.41, 5.74) is 6.79. The summed E-state index contributed by atoms with van der Waals surface area (Å²) in [6, 6.07) is 5.70. The highest BCUT2D eigenvalue weighted by Crippen LogP contribution is 2.28. The lowest BCUT2D eigenvalue weighted by Crippen LogP contribution is -2.10. The van der Waals surface area contributed by atoms with Crippen molar-refractivity contribution in [3.8, 4) is 5.75 Å². The third kappa shape index (κ3) is 3.40. The zero-order chi connectivity index (χ0) is 11.4. The first-order chi connectivity index (χ1) is 7.04. The number of ether oxygens (including phenoxy) is 1. The molecule has 0 aliphatic rings. The van der Waals surface area contributed by atoms with Gasteiger partial charge in [0, 0.05) is 6.04 Å². The van der Waals surface area contributed by atoms with Gasteiger partial charge in [-0.15, -0.1) is 0 Å². The van der Waals surface area contributed by atoms with E-state index in [0.717, 1.165) is 17.7 Å². The Morgan fingerprint density at radius 1 is 1.40 bits per heavy atom. The van der Waals surface area contributed by atoms with Gasteiger partial charge in [0.15, 0.2) is 0 Å². The predicted molar refractivity (Wildman–Crippen MR) is 64.4 cm³/mol. The molecule has 0 aromatic heterocycles. The number of halogens is 1. The first kappa shape index (κ1) is 12.3. The summed E-state index contributed by atoms with van der Waals surface area (Å²) < 4.78 is 5.66. The van der Waals surface area contributed by atoms with E-state index in [0.29, 0.717) is 5.02 Å². The van der Waals surface area contributed by atoms with Crippen LogP contribution in [0.5, 0.6) is 5.75 Å². The third-order valence-electron chi connectivity index (χ3n) is 2.38. The molecule has 0 aliphatic heterocycles. The van der Waals surface area contributed by atoms with Crippen molar-refractivity contribution in [3.63, 3.8) is 0 Å². The molecule has 0 radical (unpaired) electrons. The molecule has 0 spiro atoms. The summed E-state index contributed by atoms with van der Waals surface area (Å²) in [6.07, 6.45) is 1.15. The molecule has 84 valence electrons. The van der Waals surface area contributed by atoms with Crippen LogP contribution in [0.4, 0.5) is 0 Å². The molecule has 1 aromatic carbocycles. The molecule has 0 saturated heterocycles. The van der Waals surface area contributed by atoms with Crippen LogP contribution < -0.4 is 10.5 Å². The summed E-state index contributed by atoms with van der Waals surface area (Å²) in [6.45, 7) is 6.03. The summed E-state index contributed by atoms with van der Waals surface area (Å²) in [4.78, 5) is 0. The van der Waals surface area contributed by atoms with Gasteiger partial charge >= 0.3 is 0 Å². The summed E-state index contributed by atoms with van der Waals surface area (Å²) in [5, 5.41) is 0.630. The van der Waals surface area contributed by atoms with Crippen molar-refractivity contribution in [3.05, 3.63) is 28.8 Å². The lowest BCUT2D eigenvalue weighted by atomic mass is 10.1. The van der Waals surface area contributed by atoms with Crippen LogP contribution in [-0.2, 0) is 0 Å². The van der Waals surface area contributed by atoms with Gasteiger partial charge in [-0.3, -0.25) is 0 Å². The maximum absolute atomic E-state index is 6.09. The summed E-state index contributed by atoms with van der Waals surface area (Å²) in [5.74, 6) is 0.732. The standard InChI is InChI=1S/C12H18ClNO/c1-4-8(2)15-12-6-5-10(9(3)14)7-11(12)13/h5-9H,4,14H2,1-3H3. The number of benzene rings is 1. The Bertz CT molecular complexity index is 325. The highest BCUT2D eigenvalue weighted by atomic mass is 35.5. The maximum Gasteiger partial charge on any atom is 0.138 e. The van der Waals surface area contributed by atoms with Crippen molar-refractivity contribution in [2.45, 2.75) is 39.3 Å². The van der Waals surface area contributed by atoms with E-state index < -0.39 is 0 Å². The molecule has 2 N–H and O–H groups in total. The van der Waals surface area contributed by atoms with Crippen molar-refractivity contribution >= 4 is 11.6 Å². The van der Waals surface area contributed by atoms with Gasteiger partial charge in [-0.1, -0.05) is 24.6 Å². The summed E-state index contributed by atoms with van der Waals surface area (Å²) >= 11 is 6.09. The molecule has 0 bridgehead atoms. The van der Waals surface area contributed by atoms with Crippen LogP contribution in [0.2, 0.25) is 5.02 Å². The number of hydrogen-bond donors (Lipinski definition) is 1. The van der Waals surface area contributed by atoms with Gasteiger partial charge in [0.25, 0.3) is 0 Å². The normalized spacial score (nSPS) is 14.7. The Balaban J connectivity index is 2.83. The molecule has 2 unspecified atom stereocenters. The van der Waals surface area contributed by atoms with Gasteiger partial charge < -0.3 is 10.5 Å². The minimum Gasteiger partial charge on any atom is -0.489 e. The Labute approximate surface area is 96.4 Å². The number of hydrogen-bond acceptors (Lipinski definition) is 2. The topological polar surface area (TPSA) is 35.2 Å². The highest BCUT2D eigenvalue weighted by Gasteiger charge is 2.08. The van der Waals surface area contributed by atoms with Gasteiger partial charge in [-0.25, -0.2) is 0 Å². The van der Waals surface area contributed by atoms with Crippen LogP contribution in [-0.4, -0.2) is 6.10 Å². The van der Waals surface area contributed by atoms with Gasteiger partial charge in [0.1, 0.15) is 5.75 Å². The minimum atomic E-state index is 0.000138. The average Bonchev–Trinajstić information content (AvgIpc) is 2.20. The first-order valence-electron chi connectivity index (χ1n) is 5.26. The zero-order valence-electron chi connectivity index (χ0n) is 9.46. The molecule has 3 heteroatoms. The van der Waals surface area contributed by atoms with E-state index in [1.54, 1.807) is 0 Å². The lowest BCUT2D eigenvalue weighted by Gasteiger charge is -2.15. The van der Waals surface area contributed by atoms with Crippen LogP contribution in [0.25, 0.3) is 0 Å². The maximum atomic E-state index is 6.09. The Kier molecular flexibility index (Phi) is 4.43. The monoisotopic (exact) mass is 227 g/mol. The van der Waals surface area contributed by atoms with Crippen LogP contribution in [0.1, 0.15) is 38.8 Å². The fraction of sp³-hybridized carbons (Fsp3) is 0.500. The number of rotatable bonds is 4. The molecule has 1 rings (SSSR count). The van der Waals surface area contributed by atoms with E-state index in [9.17, 15) is 0 Å². The van der Waals surface area contributed by atoms with E-state index in [1.165, 1.54) is 0 Å². The highest BCUT2D eigenvalue weighted by molar-refractivity contribution is 6.32. The van der Waals surface area contributed by atoms with Crippen LogP contribution >= 0.6 is 11.6 Å². The minimum absolute atomic E-state index is 0.000138. The molecule has 15 heavy (non-hydrogen) atoms. The van der Waals surface area contributed by atoms with Crippen molar-refractivity contribution in [2.24, 2.45) is 5.73 Å². The van der Waals surface area contributed by atoms with Gasteiger partial charge in [0.2, 0.25) is 0 Å². The Morgan fingerprint density at radius 2 is 2.07 bits per heavy atom. The van der Waals surface area contributed by atoms with E-state index in [-0.39, 0.29) is 12.1 Å². The van der Waals surface area contributed by atoms with Gasteiger partial charge in [0.05, 0.1) is 11.1 Å². The fourth-order valence-corrected chi connectivity index (χ4v) is 1.43. The predicted octanol–water partition coefficient (Wildman–Crippen LogP) is 3.54. The first-order valence-corrected chi connectivity index (χ1v) is 5.64. The van der Waals surface area contributed by atoms with Crippen molar-refractivity contribution in [1.82, 2.24) is 0 Å². The zero-order valence-corrected chi connectivity index (χ0v) is 10.2. The van der Waals surface area contributed by atoms with Gasteiger partial charge in [-0.2, -0.15) is 0 Å². The molecule has 0 aliphatic carbocycles. The SMILES string of the molecule is CCC(C)Oc1ccc(C(C)N)cc1Cl. The van der Waals surface area contributed by atoms with Crippen molar-refractivity contribution in [1.29, 1.82) is 0 Å². The largest absolute Gasteiger partial charge is 0.489 e. The summed E-state index contributed by atoms with van der Waals surface area (Å²) in [7, 11) is 0. The second kappa shape index (κ2) is 5.38. The van der Waals surface area contributed by atoms with E-state index in [2.05, 4.69) is 6.92 Å². The molecule has 1 aromatic rings. The molecular formula is C12H18ClNO. The smallest absolute Gasteiger partial charge is 0.138 e. The molecule has 0 saturated carbocycles. The quantitative estimate of drug-likeness (QED) is 0.854. The second-order valence-electron chi connectivity index (χ2n) is 3.82. The molecule has 0 amide bonds. The Hall–Kier alpha value is -0.730. The van der Waals surface area contributed by atoms with Crippen molar-refractivity contribution in [2.75, 3.05) is 0 Å². The van der Waals surface area contributed by atoms with E-state index in [4.69, 9.17) is 22.1 Å².